The van der Waals surface area contributed by atoms with E-state index in [9.17, 15) is 9.59 Å². The van der Waals surface area contributed by atoms with Gasteiger partial charge in [-0.05, 0) is 31.0 Å². The summed E-state index contributed by atoms with van der Waals surface area (Å²) in [5.41, 5.74) is 3.35. The van der Waals surface area contributed by atoms with E-state index in [0.29, 0.717) is 10.7 Å². The van der Waals surface area contributed by atoms with Crippen molar-refractivity contribution < 1.29 is 14.3 Å². The Balaban J connectivity index is 1.84. The molecule has 0 heterocycles. The number of carbonyl (C=O) groups is 2. The second-order valence-electron chi connectivity index (χ2n) is 5.30. The number of esters is 1. The smallest absolute Gasteiger partial charge is 0.310 e. The highest BCUT2D eigenvalue weighted by atomic mass is 35.5. The van der Waals surface area contributed by atoms with Crippen LogP contribution in [0, 0.1) is 13.8 Å². The summed E-state index contributed by atoms with van der Waals surface area (Å²) in [6.45, 7) is 3.48. The average molecular weight is 332 g/mol. The molecule has 0 saturated carbocycles. The molecule has 4 nitrogen and oxygen atoms in total. The Hall–Kier alpha value is -2.33. The molecule has 23 heavy (non-hydrogen) atoms. The molecule has 0 spiro atoms. The van der Waals surface area contributed by atoms with Crippen LogP contribution < -0.4 is 5.32 Å². The highest BCUT2D eigenvalue weighted by Gasteiger charge is 2.11. The quantitative estimate of drug-likeness (QED) is 0.850. The summed E-state index contributed by atoms with van der Waals surface area (Å²) in [6, 6.07) is 12.9. The lowest BCUT2D eigenvalue weighted by molar-refractivity contribution is -0.146. The van der Waals surface area contributed by atoms with Gasteiger partial charge in [0, 0.05) is 0 Å². The van der Waals surface area contributed by atoms with E-state index in [-0.39, 0.29) is 13.0 Å². The minimum atomic E-state index is -0.445. The van der Waals surface area contributed by atoms with Crippen LogP contribution in [0.5, 0.6) is 0 Å². The van der Waals surface area contributed by atoms with Crippen LogP contribution in [-0.4, -0.2) is 18.5 Å². The van der Waals surface area contributed by atoms with Gasteiger partial charge in [-0.3, -0.25) is 9.59 Å². The van der Waals surface area contributed by atoms with E-state index >= 15 is 0 Å². The van der Waals surface area contributed by atoms with Crippen molar-refractivity contribution in [3.8, 4) is 0 Å². The van der Waals surface area contributed by atoms with Crippen molar-refractivity contribution in [1.29, 1.82) is 0 Å². The van der Waals surface area contributed by atoms with E-state index in [1.165, 1.54) is 0 Å². The fourth-order valence-corrected chi connectivity index (χ4v) is 2.30. The maximum atomic E-state index is 11.9. The third-order valence-corrected chi connectivity index (χ3v) is 3.63. The molecule has 1 N–H and O–H groups in total. The molecule has 0 atom stereocenters. The van der Waals surface area contributed by atoms with E-state index in [1.807, 2.05) is 44.2 Å². The number of benzene rings is 2. The van der Waals surface area contributed by atoms with Crippen molar-refractivity contribution in [2.24, 2.45) is 0 Å². The number of ether oxygens (including phenoxy) is 1. The zero-order valence-electron chi connectivity index (χ0n) is 13.1. The molecule has 0 aromatic heterocycles. The normalized spacial score (nSPS) is 10.2. The molecule has 2 aromatic rings. The number of hydrogen-bond acceptors (Lipinski definition) is 3. The Bertz CT molecular complexity index is 690. The summed E-state index contributed by atoms with van der Waals surface area (Å²) >= 11 is 6.03. The summed E-state index contributed by atoms with van der Waals surface area (Å²) < 4.78 is 5.00. The molecule has 0 saturated heterocycles. The van der Waals surface area contributed by atoms with Gasteiger partial charge in [0.2, 0.25) is 0 Å². The summed E-state index contributed by atoms with van der Waals surface area (Å²) in [5, 5.41) is 3.11. The SMILES string of the molecule is Cc1ccc(CC(=O)OCC(=O)Nc2c(C)cccc2Cl)cc1. The zero-order valence-corrected chi connectivity index (χ0v) is 13.8. The van der Waals surface area contributed by atoms with Gasteiger partial charge in [0.15, 0.2) is 6.61 Å². The van der Waals surface area contributed by atoms with Crippen LogP contribution in [0.1, 0.15) is 16.7 Å². The van der Waals surface area contributed by atoms with Crippen molar-refractivity contribution in [3.05, 3.63) is 64.2 Å². The van der Waals surface area contributed by atoms with Gasteiger partial charge in [-0.15, -0.1) is 0 Å². The van der Waals surface area contributed by atoms with Crippen LogP contribution in [0.15, 0.2) is 42.5 Å². The Morgan fingerprint density at radius 3 is 2.43 bits per heavy atom. The highest BCUT2D eigenvalue weighted by Crippen LogP contribution is 2.24. The number of nitrogens with one attached hydrogen (secondary N) is 1. The molecule has 2 rings (SSSR count). The Labute approximate surface area is 140 Å². The molecule has 0 unspecified atom stereocenters. The number of rotatable bonds is 5. The topological polar surface area (TPSA) is 55.4 Å². The molecule has 0 bridgehead atoms. The van der Waals surface area contributed by atoms with Crippen LogP contribution in [0.4, 0.5) is 5.69 Å². The number of amides is 1. The van der Waals surface area contributed by atoms with E-state index in [4.69, 9.17) is 16.3 Å². The highest BCUT2D eigenvalue weighted by molar-refractivity contribution is 6.33. The summed E-state index contributed by atoms with van der Waals surface area (Å²) in [5.74, 6) is -0.863. The first-order valence-corrected chi connectivity index (χ1v) is 7.59. The number of anilines is 1. The predicted molar refractivity (Wildman–Crippen MR) is 90.7 cm³/mol. The monoisotopic (exact) mass is 331 g/mol. The molecule has 0 aliphatic carbocycles. The third-order valence-electron chi connectivity index (χ3n) is 3.32. The van der Waals surface area contributed by atoms with Crippen LogP contribution in [-0.2, 0) is 20.7 Å². The lowest BCUT2D eigenvalue weighted by Crippen LogP contribution is -2.22. The number of para-hydroxylation sites is 1. The predicted octanol–water partition coefficient (Wildman–Crippen LogP) is 3.68. The lowest BCUT2D eigenvalue weighted by Gasteiger charge is -2.10. The molecule has 0 fully saturated rings. The van der Waals surface area contributed by atoms with Crippen molar-refractivity contribution >= 4 is 29.2 Å². The first-order chi connectivity index (χ1) is 11.0. The van der Waals surface area contributed by atoms with E-state index in [0.717, 1.165) is 16.7 Å². The number of aryl methyl sites for hydroxylation is 2. The third kappa shape index (κ3) is 5.11. The van der Waals surface area contributed by atoms with Gasteiger partial charge >= 0.3 is 5.97 Å². The lowest BCUT2D eigenvalue weighted by atomic mass is 10.1. The largest absolute Gasteiger partial charge is 0.455 e. The number of carbonyl (C=O) groups excluding carboxylic acids is 2. The van der Waals surface area contributed by atoms with Gasteiger partial charge in [0.25, 0.3) is 5.91 Å². The Morgan fingerprint density at radius 2 is 1.78 bits per heavy atom. The van der Waals surface area contributed by atoms with Crippen LogP contribution in [0.2, 0.25) is 5.02 Å². The molecular formula is C18H18ClNO3. The number of halogens is 1. The van der Waals surface area contributed by atoms with Gasteiger partial charge in [0.05, 0.1) is 17.1 Å². The Morgan fingerprint density at radius 1 is 1.09 bits per heavy atom. The van der Waals surface area contributed by atoms with E-state index in [2.05, 4.69) is 5.32 Å². The first-order valence-electron chi connectivity index (χ1n) is 7.22. The van der Waals surface area contributed by atoms with Crippen LogP contribution in [0.25, 0.3) is 0 Å². The molecule has 5 heteroatoms. The minimum Gasteiger partial charge on any atom is -0.455 e. The average Bonchev–Trinajstić information content (AvgIpc) is 2.51. The van der Waals surface area contributed by atoms with Crippen LogP contribution in [0.3, 0.4) is 0 Å². The van der Waals surface area contributed by atoms with Crippen LogP contribution >= 0.6 is 11.6 Å². The zero-order chi connectivity index (χ0) is 16.8. The van der Waals surface area contributed by atoms with Gasteiger partial charge < -0.3 is 10.1 Å². The van der Waals surface area contributed by atoms with Gasteiger partial charge in [-0.2, -0.15) is 0 Å². The van der Waals surface area contributed by atoms with E-state index in [1.54, 1.807) is 12.1 Å². The van der Waals surface area contributed by atoms with Gasteiger partial charge in [-0.25, -0.2) is 0 Å². The van der Waals surface area contributed by atoms with Gasteiger partial charge in [0.1, 0.15) is 0 Å². The van der Waals surface area contributed by atoms with Crippen molar-refractivity contribution in [2.45, 2.75) is 20.3 Å². The maximum absolute atomic E-state index is 11.9. The molecule has 2 aromatic carbocycles. The van der Waals surface area contributed by atoms with Gasteiger partial charge in [-0.1, -0.05) is 53.6 Å². The molecule has 120 valence electrons. The number of hydrogen-bond donors (Lipinski definition) is 1. The minimum absolute atomic E-state index is 0.138. The van der Waals surface area contributed by atoms with E-state index < -0.39 is 11.9 Å². The summed E-state index contributed by atoms with van der Waals surface area (Å²) in [6.07, 6.45) is 0.138. The summed E-state index contributed by atoms with van der Waals surface area (Å²) in [4.78, 5) is 23.6. The maximum Gasteiger partial charge on any atom is 0.310 e. The second-order valence-corrected chi connectivity index (χ2v) is 5.71. The molecular weight excluding hydrogens is 314 g/mol. The fourth-order valence-electron chi connectivity index (χ4n) is 2.04. The molecule has 0 aliphatic heterocycles. The van der Waals surface area contributed by atoms with Crippen molar-refractivity contribution in [1.82, 2.24) is 0 Å². The Kier molecular flexibility index (Phi) is 5.77. The van der Waals surface area contributed by atoms with Crippen molar-refractivity contribution in [3.63, 3.8) is 0 Å². The molecule has 0 radical (unpaired) electrons. The summed E-state index contributed by atoms with van der Waals surface area (Å²) in [7, 11) is 0. The second kappa shape index (κ2) is 7.79. The first kappa shape index (κ1) is 17.0. The molecule has 1 amide bonds. The fraction of sp³-hybridized carbons (Fsp3) is 0.222. The standard InChI is InChI=1S/C18H18ClNO3/c1-12-6-8-14(9-7-12)10-17(22)23-11-16(21)20-18-13(2)4-3-5-15(18)19/h3-9H,10-11H2,1-2H3,(H,20,21). The van der Waals surface area contributed by atoms with Crippen molar-refractivity contribution in [2.75, 3.05) is 11.9 Å². The molecule has 0 aliphatic rings.